The van der Waals surface area contributed by atoms with Gasteiger partial charge in [0.2, 0.25) is 0 Å². The summed E-state index contributed by atoms with van der Waals surface area (Å²) in [7, 11) is 0. The monoisotopic (exact) mass is 369 g/mol. The number of hydrogen-bond donors (Lipinski definition) is 0. The van der Waals surface area contributed by atoms with E-state index < -0.39 is 0 Å². The van der Waals surface area contributed by atoms with Crippen molar-refractivity contribution < 1.29 is 4.39 Å². The zero-order chi connectivity index (χ0) is 17.2. The second kappa shape index (κ2) is 6.86. The minimum absolute atomic E-state index is 0.225. The first-order valence-electron chi connectivity index (χ1n) is 7.66. The van der Waals surface area contributed by atoms with Crippen molar-refractivity contribution in [3.05, 3.63) is 83.4 Å². The molecule has 124 valence electrons. The van der Waals surface area contributed by atoms with Crippen LogP contribution in [0.25, 0.3) is 16.8 Å². The molecule has 2 aromatic carbocycles. The van der Waals surface area contributed by atoms with Gasteiger partial charge in [-0.1, -0.05) is 47.6 Å². The van der Waals surface area contributed by atoms with E-state index in [0.717, 1.165) is 27.4 Å². The number of halogens is 2. The lowest BCUT2D eigenvalue weighted by atomic mass is 10.1. The quantitative estimate of drug-likeness (QED) is 0.446. The van der Waals surface area contributed by atoms with E-state index in [9.17, 15) is 4.39 Å². The zero-order valence-corrected chi connectivity index (χ0v) is 14.6. The third-order valence-corrected chi connectivity index (χ3v) is 5.10. The SMILES string of the molecule is Fc1ccc(CSc2nccn3nc(-c4ccc(Cl)cc4)cc23)cc1. The lowest BCUT2D eigenvalue weighted by molar-refractivity contribution is 0.627. The minimum atomic E-state index is -0.225. The Labute approximate surface area is 153 Å². The Morgan fingerprint density at radius 2 is 1.80 bits per heavy atom. The highest BCUT2D eigenvalue weighted by molar-refractivity contribution is 7.98. The molecule has 0 spiro atoms. The van der Waals surface area contributed by atoms with Crippen LogP contribution in [0.5, 0.6) is 0 Å². The molecule has 25 heavy (non-hydrogen) atoms. The van der Waals surface area contributed by atoms with Gasteiger partial charge in [-0.2, -0.15) is 5.10 Å². The fraction of sp³-hybridized carbons (Fsp3) is 0.0526. The fourth-order valence-corrected chi connectivity index (χ4v) is 3.56. The van der Waals surface area contributed by atoms with Gasteiger partial charge in [-0.05, 0) is 35.9 Å². The van der Waals surface area contributed by atoms with Gasteiger partial charge in [-0.15, -0.1) is 0 Å². The predicted octanol–water partition coefficient (Wildman–Crippen LogP) is 5.48. The molecule has 0 saturated heterocycles. The molecular formula is C19H13ClFN3S. The lowest BCUT2D eigenvalue weighted by Gasteiger charge is -2.03. The number of aromatic nitrogens is 3. The minimum Gasteiger partial charge on any atom is -0.246 e. The summed E-state index contributed by atoms with van der Waals surface area (Å²) in [6.45, 7) is 0. The average molecular weight is 370 g/mol. The summed E-state index contributed by atoms with van der Waals surface area (Å²) in [5.41, 5.74) is 3.86. The molecule has 2 heterocycles. The van der Waals surface area contributed by atoms with Crippen LogP contribution >= 0.6 is 23.4 Å². The van der Waals surface area contributed by atoms with Crippen LogP contribution in [0.4, 0.5) is 4.39 Å². The summed E-state index contributed by atoms with van der Waals surface area (Å²) in [6, 6.07) is 16.1. The Kier molecular flexibility index (Phi) is 4.42. The first kappa shape index (κ1) is 16.1. The Hall–Kier alpha value is -2.37. The molecule has 0 bridgehead atoms. The highest BCUT2D eigenvalue weighted by atomic mass is 35.5. The molecule has 0 fully saturated rings. The molecule has 0 aliphatic carbocycles. The number of thioether (sulfide) groups is 1. The summed E-state index contributed by atoms with van der Waals surface area (Å²) >= 11 is 7.55. The Morgan fingerprint density at radius 3 is 2.56 bits per heavy atom. The van der Waals surface area contributed by atoms with Crippen LogP contribution in [0.1, 0.15) is 5.56 Å². The number of hydrogen-bond acceptors (Lipinski definition) is 3. The summed E-state index contributed by atoms with van der Waals surface area (Å²) in [6.07, 6.45) is 3.56. The average Bonchev–Trinajstić information content (AvgIpc) is 3.06. The molecule has 0 unspecified atom stereocenters. The van der Waals surface area contributed by atoms with Crippen LogP contribution in [-0.4, -0.2) is 14.6 Å². The van der Waals surface area contributed by atoms with Crippen LogP contribution in [0, 0.1) is 5.82 Å². The van der Waals surface area contributed by atoms with Gasteiger partial charge in [-0.25, -0.2) is 13.9 Å². The molecule has 4 rings (SSSR count). The van der Waals surface area contributed by atoms with E-state index in [2.05, 4.69) is 10.1 Å². The second-order valence-corrected chi connectivity index (χ2v) is 6.91. The van der Waals surface area contributed by atoms with E-state index in [1.165, 1.54) is 12.1 Å². The highest BCUT2D eigenvalue weighted by Gasteiger charge is 2.10. The number of nitrogens with zero attached hydrogens (tertiary/aromatic N) is 3. The first-order valence-corrected chi connectivity index (χ1v) is 9.03. The van der Waals surface area contributed by atoms with E-state index in [1.54, 1.807) is 30.1 Å². The van der Waals surface area contributed by atoms with Crippen LogP contribution in [0.2, 0.25) is 5.02 Å². The van der Waals surface area contributed by atoms with Gasteiger partial charge in [0.15, 0.2) is 0 Å². The normalized spacial score (nSPS) is 11.1. The van der Waals surface area contributed by atoms with E-state index in [1.807, 2.05) is 41.0 Å². The van der Waals surface area contributed by atoms with Crippen molar-refractivity contribution in [2.45, 2.75) is 10.8 Å². The van der Waals surface area contributed by atoms with Gasteiger partial charge < -0.3 is 0 Å². The number of fused-ring (bicyclic) bond motifs is 1. The van der Waals surface area contributed by atoms with Crippen molar-refractivity contribution >= 4 is 28.9 Å². The Balaban J connectivity index is 1.63. The summed E-state index contributed by atoms with van der Waals surface area (Å²) < 4.78 is 14.8. The Morgan fingerprint density at radius 1 is 1.04 bits per heavy atom. The standard InChI is InChI=1S/C19H13ClFN3S/c20-15-5-3-14(4-6-15)17-11-18-19(22-9-10-24(18)23-17)25-12-13-1-7-16(21)8-2-13/h1-11H,12H2. The maximum Gasteiger partial charge on any atom is 0.123 e. The molecule has 4 aromatic rings. The molecule has 0 saturated carbocycles. The molecule has 0 radical (unpaired) electrons. The molecule has 0 aliphatic heterocycles. The van der Waals surface area contributed by atoms with Gasteiger partial charge in [0.05, 0.1) is 11.2 Å². The number of benzene rings is 2. The molecule has 2 aromatic heterocycles. The first-order chi connectivity index (χ1) is 12.2. The van der Waals surface area contributed by atoms with E-state index in [4.69, 9.17) is 11.6 Å². The molecule has 0 N–H and O–H groups in total. The van der Waals surface area contributed by atoms with Crippen molar-refractivity contribution in [3.63, 3.8) is 0 Å². The van der Waals surface area contributed by atoms with Gasteiger partial charge in [0.1, 0.15) is 10.8 Å². The van der Waals surface area contributed by atoms with Crippen molar-refractivity contribution in [1.82, 2.24) is 14.6 Å². The fourth-order valence-electron chi connectivity index (χ4n) is 2.50. The van der Waals surface area contributed by atoms with Crippen molar-refractivity contribution in [2.75, 3.05) is 0 Å². The molecule has 6 heteroatoms. The van der Waals surface area contributed by atoms with Crippen LogP contribution in [0.15, 0.2) is 72.0 Å². The smallest absolute Gasteiger partial charge is 0.123 e. The van der Waals surface area contributed by atoms with E-state index >= 15 is 0 Å². The summed E-state index contributed by atoms with van der Waals surface area (Å²) in [5.74, 6) is 0.492. The summed E-state index contributed by atoms with van der Waals surface area (Å²) in [4.78, 5) is 4.47. The maximum atomic E-state index is 13.0. The largest absolute Gasteiger partial charge is 0.246 e. The highest BCUT2D eigenvalue weighted by Crippen LogP contribution is 2.28. The predicted molar refractivity (Wildman–Crippen MR) is 99.4 cm³/mol. The maximum absolute atomic E-state index is 13.0. The topological polar surface area (TPSA) is 30.2 Å². The number of rotatable bonds is 4. The van der Waals surface area contributed by atoms with Gasteiger partial charge in [0, 0.05) is 28.7 Å². The van der Waals surface area contributed by atoms with Gasteiger partial charge in [0.25, 0.3) is 0 Å². The Bertz CT molecular complexity index is 1010. The van der Waals surface area contributed by atoms with Crippen LogP contribution < -0.4 is 0 Å². The lowest BCUT2D eigenvalue weighted by Crippen LogP contribution is -1.91. The third kappa shape index (κ3) is 3.52. The molecule has 0 atom stereocenters. The van der Waals surface area contributed by atoms with E-state index in [0.29, 0.717) is 10.8 Å². The summed E-state index contributed by atoms with van der Waals surface area (Å²) in [5, 5.41) is 6.20. The van der Waals surface area contributed by atoms with E-state index in [-0.39, 0.29) is 5.82 Å². The molecule has 3 nitrogen and oxygen atoms in total. The van der Waals surface area contributed by atoms with Crippen molar-refractivity contribution in [1.29, 1.82) is 0 Å². The zero-order valence-electron chi connectivity index (χ0n) is 13.1. The van der Waals surface area contributed by atoms with Crippen LogP contribution in [0.3, 0.4) is 0 Å². The van der Waals surface area contributed by atoms with Crippen LogP contribution in [-0.2, 0) is 5.75 Å². The molecule has 0 aliphatic rings. The second-order valence-electron chi connectivity index (χ2n) is 5.51. The third-order valence-electron chi connectivity index (χ3n) is 3.78. The van der Waals surface area contributed by atoms with Crippen molar-refractivity contribution in [3.8, 4) is 11.3 Å². The van der Waals surface area contributed by atoms with Crippen molar-refractivity contribution in [2.24, 2.45) is 0 Å². The molecular weight excluding hydrogens is 357 g/mol. The van der Waals surface area contributed by atoms with Gasteiger partial charge >= 0.3 is 0 Å². The van der Waals surface area contributed by atoms with Gasteiger partial charge in [-0.3, -0.25) is 0 Å². The molecule has 0 amide bonds.